The number of rotatable bonds is 5. The molecule has 4 nitrogen and oxygen atoms in total. The van der Waals surface area contributed by atoms with Gasteiger partial charge in [0.15, 0.2) is 0 Å². The number of carbonyl (C=O) groups excluding carboxylic acids is 1. The van der Waals surface area contributed by atoms with Crippen LogP contribution >= 0.6 is 0 Å². The van der Waals surface area contributed by atoms with Gasteiger partial charge in [0.2, 0.25) is 0 Å². The molecule has 1 N–H and O–H groups in total. The molecule has 1 aliphatic carbocycles. The number of amides is 1. The lowest BCUT2D eigenvalue weighted by Crippen LogP contribution is -2.74. The van der Waals surface area contributed by atoms with Crippen LogP contribution < -0.4 is 10.1 Å². The van der Waals surface area contributed by atoms with Crippen molar-refractivity contribution in [2.45, 2.75) is 59.6 Å². The summed E-state index contributed by atoms with van der Waals surface area (Å²) in [6, 6.07) is 17.1. The molecule has 0 unspecified atom stereocenters. The molecule has 1 fully saturated rings. The normalized spacial score (nSPS) is 21.7. The van der Waals surface area contributed by atoms with Gasteiger partial charge in [-0.1, -0.05) is 53.7 Å². The molecule has 0 spiro atoms. The van der Waals surface area contributed by atoms with Gasteiger partial charge in [0.05, 0.1) is 11.6 Å². The van der Waals surface area contributed by atoms with Crippen molar-refractivity contribution in [3.05, 3.63) is 65.2 Å². The van der Waals surface area contributed by atoms with Gasteiger partial charge in [0.25, 0.3) is 5.91 Å². The lowest BCUT2D eigenvalue weighted by atomic mass is 9.49. The van der Waals surface area contributed by atoms with Crippen LogP contribution in [0.25, 0.3) is 0 Å². The minimum Gasteiger partial charge on any atom is -0.489 e. The number of benzene rings is 2. The first kappa shape index (κ1) is 20.9. The summed E-state index contributed by atoms with van der Waals surface area (Å²) in [5.41, 5.74) is 2.05. The number of nitriles is 1. The maximum atomic E-state index is 12.9. The summed E-state index contributed by atoms with van der Waals surface area (Å²) in [7, 11) is 0. The van der Waals surface area contributed by atoms with Crippen molar-refractivity contribution in [3.8, 4) is 11.8 Å². The number of ether oxygens (including phenoxy) is 1. The molecule has 0 heterocycles. The van der Waals surface area contributed by atoms with Crippen molar-refractivity contribution >= 4 is 5.91 Å². The maximum Gasteiger partial charge on any atom is 0.251 e. The highest BCUT2D eigenvalue weighted by molar-refractivity contribution is 5.94. The standard InChI is InChI=1S/C25H30N2O2/c1-16(2)18-9-11-19(12-10-18)21(28)27-22-24(3,4)23(25(22,5)6)29-20-13-7-17(15-26)8-14-20/h7-14,16,22-23H,1-6H3,(H,27,28)/t22-,23-. The van der Waals surface area contributed by atoms with E-state index in [9.17, 15) is 4.79 Å². The Hall–Kier alpha value is -2.80. The highest BCUT2D eigenvalue weighted by Crippen LogP contribution is 2.55. The van der Waals surface area contributed by atoms with E-state index in [0.717, 1.165) is 5.75 Å². The molecule has 1 amide bonds. The summed E-state index contributed by atoms with van der Waals surface area (Å²) < 4.78 is 6.28. The van der Waals surface area contributed by atoms with Crippen LogP contribution in [0.1, 0.15) is 68.9 Å². The second-order valence-electron chi connectivity index (χ2n) is 9.46. The van der Waals surface area contributed by atoms with Gasteiger partial charge in [-0.2, -0.15) is 5.26 Å². The Balaban J connectivity index is 1.72. The Morgan fingerprint density at radius 1 is 1.00 bits per heavy atom. The quantitative estimate of drug-likeness (QED) is 0.754. The SMILES string of the molecule is CC(C)c1ccc(C(=O)N[C@H]2C(C)(C)[C@H](Oc3ccc(C#N)cc3)C2(C)C)cc1. The van der Waals surface area contributed by atoms with Gasteiger partial charge < -0.3 is 10.1 Å². The van der Waals surface area contributed by atoms with Crippen LogP contribution in [-0.4, -0.2) is 18.1 Å². The molecule has 0 saturated heterocycles. The number of carbonyl (C=O) groups is 1. The van der Waals surface area contributed by atoms with E-state index >= 15 is 0 Å². The molecule has 0 radical (unpaired) electrons. The first-order chi connectivity index (χ1) is 13.6. The van der Waals surface area contributed by atoms with E-state index in [4.69, 9.17) is 10.00 Å². The molecular formula is C25H30N2O2. The van der Waals surface area contributed by atoms with Gasteiger partial charge in [0, 0.05) is 22.4 Å². The first-order valence-corrected chi connectivity index (χ1v) is 10.1. The molecule has 0 aliphatic heterocycles. The van der Waals surface area contributed by atoms with Gasteiger partial charge in [0.1, 0.15) is 11.9 Å². The van der Waals surface area contributed by atoms with Gasteiger partial charge in [-0.3, -0.25) is 4.79 Å². The van der Waals surface area contributed by atoms with Gasteiger partial charge in [-0.05, 0) is 47.9 Å². The van der Waals surface area contributed by atoms with E-state index in [-0.39, 0.29) is 28.9 Å². The minimum absolute atomic E-state index is 0.0179. The van der Waals surface area contributed by atoms with Gasteiger partial charge >= 0.3 is 0 Å². The Morgan fingerprint density at radius 2 is 1.55 bits per heavy atom. The van der Waals surface area contributed by atoms with Crippen molar-refractivity contribution in [3.63, 3.8) is 0 Å². The highest BCUT2D eigenvalue weighted by atomic mass is 16.5. The van der Waals surface area contributed by atoms with Crippen LogP contribution in [0.15, 0.2) is 48.5 Å². The van der Waals surface area contributed by atoms with Crippen LogP contribution in [0.4, 0.5) is 0 Å². The molecule has 152 valence electrons. The lowest BCUT2D eigenvalue weighted by Gasteiger charge is -2.63. The third-order valence-electron chi connectivity index (χ3n) is 6.19. The summed E-state index contributed by atoms with van der Waals surface area (Å²) in [5.74, 6) is 1.13. The average Bonchev–Trinajstić information content (AvgIpc) is 2.70. The second-order valence-corrected chi connectivity index (χ2v) is 9.46. The average molecular weight is 391 g/mol. The summed E-state index contributed by atoms with van der Waals surface area (Å²) in [6.45, 7) is 12.8. The molecule has 0 aromatic heterocycles. The van der Waals surface area contributed by atoms with Crippen molar-refractivity contribution in [1.29, 1.82) is 5.26 Å². The number of hydrogen-bond acceptors (Lipinski definition) is 3. The topological polar surface area (TPSA) is 62.1 Å². The smallest absolute Gasteiger partial charge is 0.251 e. The fourth-order valence-electron chi connectivity index (χ4n) is 4.78. The largest absolute Gasteiger partial charge is 0.489 e. The minimum atomic E-state index is -0.231. The van der Waals surface area contributed by atoms with Crippen LogP contribution in [0.3, 0.4) is 0 Å². The van der Waals surface area contributed by atoms with Crippen molar-refractivity contribution in [2.24, 2.45) is 10.8 Å². The Kier molecular flexibility index (Phi) is 5.45. The van der Waals surface area contributed by atoms with Gasteiger partial charge in [-0.15, -0.1) is 0 Å². The number of nitrogens with zero attached hydrogens (tertiary/aromatic N) is 1. The van der Waals surface area contributed by atoms with E-state index in [0.29, 0.717) is 17.0 Å². The Bertz CT molecular complexity index is 903. The molecule has 0 bridgehead atoms. The van der Waals surface area contributed by atoms with Crippen LogP contribution in [0.5, 0.6) is 5.75 Å². The van der Waals surface area contributed by atoms with Gasteiger partial charge in [-0.25, -0.2) is 0 Å². The van der Waals surface area contributed by atoms with Crippen LogP contribution in [0.2, 0.25) is 0 Å². The molecule has 0 atom stereocenters. The number of hydrogen-bond donors (Lipinski definition) is 1. The van der Waals surface area contributed by atoms with E-state index < -0.39 is 0 Å². The Morgan fingerprint density at radius 3 is 2.03 bits per heavy atom. The molecule has 1 saturated carbocycles. The zero-order valence-corrected chi connectivity index (χ0v) is 18.1. The predicted molar refractivity (Wildman–Crippen MR) is 115 cm³/mol. The summed E-state index contributed by atoms with van der Waals surface area (Å²) in [5, 5.41) is 12.2. The number of nitrogens with one attached hydrogen (secondary N) is 1. The molecule has 29 heavy (non-hydrogen) atoms. The van der Waals surface area contributed by atoms with Crippen molar-refractivity contribution in [2.75, 3.05) is 0 Å². The van der Waals surface area contributed by atoms with Crippen molar-refractivity contribution < 1.29 is 9.53 Å². The molecular weight excluding hydrogens is 360 g/mol. The summed E-state index contributed by atoms with van der Waals surface area (Å²) >= 11 is 0. The molecule has 4 heteroatoms. The predicted octanol–water partition coefficient (Wildman–Crippen LogP) is 5.29. The van der Waals surface area contributed by atoms with E-state index in [1.165, 1.54) is 5.56 Å². The Labute approximate surface area is 173 Å². The molecule has 2 aromatic carbocycles. The second kappa shape index (κ2) is 7.55. The van der Waals surface area contributed by atoms with Crippen molar-refractivity contribution in [1.82, 2.24) is 5.32 Å². The summed E-state index contributed by atoms with van der Waals surface area (Å²) in [4.78, 5) is 12.9. The van der Waals surface area contributed by atoms with Crippen LogP contribution in [0, 0.1) is 22.2 Å². The monoisotopic (exact) mass is 390 g/mol. The maximum absolute atomic E-state index is 12.9. The molecule has 3 rings (SSSR count). The fourth-order valence-corrected chi connectivity index (χ4v) is 4.78. The van der Waals surface area contributed by atoms with E-state index in [1.807, 2.05) is 36.4 Å². The first-order valence-electron chi connectivity index (χ1n) is 10.1. The zero-order chi connectivity index (χ0) is 21.4. The summed E-state index contributed by atoms with van der Waals surface area (Å²) in [6.07, 6.45) is -0.0587. The van der Waals surface area contributed by atoms with E-state index in [1.54, 1.807) is 12.1 Å². The lowest BCUT2D eigenvalue weighted by molar-refractivity contribution is -0.164. The third-order valence-corrected chi connectivity index (χ3v) is 6.19. The highest BCUT2D eigenvalue weighted by Gasteiger charge is 2.64. The van der Waals surface area contributed by atoms with E-state index in [2.05, 4.69) is 52.9 Å². The fraction of sp³-hybridized carbons (Fsp3) is 0.440. The molecule has 1 aliphatic rings. The zero-order valence-electron chi connectivity index (χ0n) is 18.1. The third kappa shape index (κ3) is 3.87. The molecule has 2 aromatic rings. The van der Waals surface area contributed by atoms with Crippen LogP contribution in [-0.2, 0) is 0 Å².